The van der Waals surface area contributed by atoms with Crippen LogP contribution >= 0.6 is 0 Å². The van der Waals surface area contributed by atoms with Crippen molar-refractivity contribution < 1.29 is 22.8 Å². The average Bonchev–Trinajstić information content (AvgIpc) is 2.26. The highest BCUT2D eigenvalue weighted by atomic mass is 19.4. The molecule has 98 valence electrons. The summed E-state index contributed by atoms with van der Waals surface area (Å²) in [4.78, 5) is 21.9. The minimum absolute atomic E-state index is 0.0669. The van der Waals surface area contributed by atoms with Gasteiger partial charge in [-0.25, -0.2) is 0 Å². The quantitative estimate of drug-likeness (QED) is 0.833. The first kappa shape index (κ1) is 14.0. The Morgan fingerprint density at radius 1 is 1.06 bits per heavy atom. The maximum Gasteiger partial charge on any atom is 0.449 e. The summed E-state index contributed by atoms with van der Waals surface area (Å²) in [5.74, 6) is -2.30. The van der Waals surface area contributed by atoms with Crippen LogP contribution in [0.1, 0.15) is 44.9 Å². The van der Waals surface area contributed by atoms with E-state index in [1.54, 1.807) is 0 Å². The fourth-order valence-electron chi connectivity index (χ4n) is 1.92. The molecule has 1 aliphatic carbocycles. The third-order valence-electron chi connectivity index (χ3n) is 2.87. The first-order valence-electron chi connectivity index (χ1n) is 5.79. The Balaban J connectivity index is 2.23. The molecule has 1 N–H and O–H groups in total. The summed E-state index contributed by atoms with van der Waals surface area (Å²) in [6, 6.07) is 0.0669. The van der Waals surface area contributed by atoms with Crippen LogP contribution in [0, 0.1) is 0 Å². The molecule has 0 aromatic heterocycles. The van der Waals surface area contributed by atoms with Crippen molar-refractivity contribution in [3.8, 4) is 0 Å². The second-order valence-electron chi connectivity index (χ2n) is 4.32. The summed E-state index contributed by atoms with van der Waals surface area (Å²) in [6.45, 7) is 0. The van der Waals surface area contributed by atoms with E-state index in [9.17, 15) is 22.8 Å². The lowest BCUT2D eigenvalue weighted by molar-refractivity contribution is -0.171. The molecule has 6 heteroatoms. The molecule has 0 heterocycles. The number of rotatable bonds is 4. The van der Waals surface area contributed by atoms with E-state index < -0.39 is 24.3 Å². The van der Waals surface area contributed by atoms with Crippen LogP contribution in [-0.4, -0.2) is 23.9 Å². The van der Waals surface area contributed by atoms with E-state index >= 15 is 0 Å². The lowest BCUT2D eigenvalue weighted by atomic mass is 9.95. The highest BCUT2D eigenvalue weighted by molar-refractivity contribution is 5.88. The molecule has 0 saturated heterocycles. The van der Waals surface area contributed by atoms with Crippen molar-refractivity contribution in [3.63, 3.8) is 0 Å². The third-order valence-corrected chi connectivity index (χ3v) is 2.87. The van der Waals surface area contributed by atoms with Gasteiger partial charge < -0.3 is 5.32 Å². The molecule has 1 rings (SSSR count). The molecule has 0 aromatic carbocycles. The van der Waals surface area contributed by atoms with Crippen molar-refractivity contribution >= 4 is 11.7 Å². The zero-order chi connectivity index (χ0) is 12.9. The van der Waals surface area contributed by atoms with Crippen molar-refractivity contribution in [1.82, 2.24) is 5.32 Å². The fourth-order valence-corrected chi connectivity index (χ4v) is 1.92. The van der Waals surface area contributed by atoms with Crippen LogP contribution in [0.25, 0.3) is 0 Å². The Hall–Kier alpha value is -1.07. The topological polar surface area (TPSA) is 46.2 Å². The Morgan fingerprint density at radius 2 is 1.65 bits per heavy atom. The first-order valence-corrected chi connectivity index (χ1v) is 5.79. The summed E-state index contributed by atoms with van der Waals surface area (Å²) < 4.78 is 35.6. The van der Waals surface area contributed by atoms with Gasteiger partial charge in [-0.3, -0.25) is 9.59 Å². The van der Waals surface area contributed by atoms with Crippen LogP contribution in [0.5, 0.6) is 0 Å². The number of alkyl halides is 3. The Kier molecular flexibility index (Phi) is 4.96. The van der Waals surface area contributed by atoms with Gasteiger partial charge in [-0.1, -0.05) is 19.3 Å². The zero-order valence-electron chi connectivity index (χ0n) is 9.48. The van der Waals surface area contributed by atoms with Crippen LogP contribution < -0.4 is 5.32 Å². The molecule has 3 nitrogen and oxygen atoms in total. The Labute approximate surface area is 97.8 Å². The van der Waals surface area contributed by atoms with Crippen molar-refractivity contribution in [3.05, 3.63) is 0 Å². The predicted octanol–water partition coefficient (Wildman–Crippen LogP) is 2.35. The lowest BCUT2D eigenvalue weighted by Gasteiger charge is -2.22. The summed E-state index contributed by atoms with van der Waals surface area (Å²) in [6.07, 6.45) is -1.02. The van der Waals surface area contributed by atoms with E-state index in [-0.39, 0.29) is 12.5 Å². The summed E-state index contributed by atoms with van der Waals surface area (Å²) in [5.41, 5.74) is 0. The van der Waals surface area contributed by atoms with Crippen molar-refractivity contribution in [2.45, 2.75) is 57.2 Å². The monoisotopic (exact) mass is 251 g/mol. The number of hydrogen-bond acceptors (Lipinski definition) is 2. The Morgan fingerprint density at radius 3 is 2.18 bits per heavy atom. The molecule has 1 aliphatic rings. The van der Waals surface area contributed by atoms with Crippen molar-refractivity contribution in [2.24, 2.45) is 0 Å². The number of halogens is 3. The minimum atomic E-state index is -4.83. The molecular formula is C11H16F3NO2. The lowest BCUT2D eigenvalue weighted by Crippen LogP contribution is -2.36. The number of carbonyl (C=O) groups excluding carboxylic acids is 2. The molecule has 0 atom stereocenters. The summed E-state index contributed by atoms with van der Waals surface area (Å²) >= 11 is 0. The van der Waals surface area contributed by atoms with Gasteiger partial charge in [0.25, 0.3) is 0 Å². The second-order valence-corrected chi connectivity index (χ2v) is 4.32. The van der Waals surface area contributed by atoms with Gasteiger partial charge in [0, 0.05) is 18.9 Å². The second kappa shape index (κ2) is 6.02. The number of amides is 1. The van der Waals surface area contributed by atoms with E-state index in [1.165, 1.54) is 0 Å². The standard InChI is InChI=1S/C11H16F3NO2/c12-11(13,14)9(16)6-7-10(17)15-8-4-2-1-3-5-8/h8H,1-7H2,(H,15,17). The molecule has 1 fully saturated rings. The number of carbonyl (C=O) groups is 2. The smallest absolute Gasteiger partial charge is 0.353 e. The van der Waals surface area contributed by atoms with Crippen LogP contribution in [0.3, 0.4) is 0 Å². The molecule has 1 saturated carbocycles. The van der Waals surface area contributed by atoms with E-state index in [1.807, 2.05) is 0 Å². The van der Waals surface area contributed by atoms with Crippen molar-refractivity contribution in [2.75, 3.05) is 0 Å². The number of hydrogen-bond donors (Lipinski definition) is 1. The maximum atomic E-state index is 11.9. The fraction of sp³-hybridized carbons (Fsp3) is 0.818. The molecule has 0 radical (unpaired) electrons. The zero-order valence-corrected chi connectivity index (χ0v) is 9.48. The summed E-state index contributed by atoms with van der Waals surface area (Å²) in [5, 5.41) is 2.67. The summed E-state index contributed by atoms with van der Waals surface area (Å²) in [7, 11) is 0. The molecule has 0 spiro atoms. The van der Waals surface area contributed by atoms with E-state index in [4.69, 9.17) is 0 Å². The highest BCUT2D eigenvalue weighted by Gasteiger charge is 2.37. The predicted molar refractivity (Wildman–Crippen MR) is 55.3 cm³/mol. The molecule has 1 amide bonds. The largest absolute Gasteiger partial charge is 0.449 e. The van der Waals surface area contributed by atoms with Crippen LogP contribution in [0.15, 0.2) is 0 Å². The van der Waals surface area contributed by atoms with Crippen LogP contribution in [-0.2, 0) is 9.59 Å². The Bertz CT molecular complexity index is 283. The van der Waals surface area contributed by atoms with Gasteiger partial charge in [0.15, 0.2) is 0 Å². The van der Waals surface area contributed by atoms with Crippen molar-refractivity contribution in [1.29, 1.82) is 0 Å². The number of ketones is 1. The minimum Gasteiger partial charge on any atom is -0.353 e. The normalized spacial score (nSPS) is 17.8. The van der Waals surface area contributed by atoms with Crippen LogP contribution in [0.2, 0.25) is 0 Å². The number of Topliss-reactive ketones (excluding diaryl/α,β-unsaturated/α-hetero) is 1. The third kappa shape index (κ3) is 5.19. The van der Waals surface area contributed by atoms with Crippen LogP contribution in [0.4, 0.5) is 13.2 Å². The van der Waals surface area contributed by atoms with Gasteiger partial charge >= 0.3 is 6.18 Å². The molecule has 0 aliphatic heterocycles. The highest BCUT2D eigenvalue weighted by Crippen LogP contribution is 2.19. The van der Waals surface area contributed by atoms with Gasteiger partial charge in [-0.15, -0.1) is 0 Å². The molecule has 0 aromatic rings. The molecule has 17 heavy (non-hydrogen) atoms. The van der Waals surface area contributed by atoms with E-state index in [0.29, 0.717) is 0 Å². The van der Waals surface area contributed by atoms with E-state index in [2.05, 4.69) is 5.32 Å². The van der Waals surface area contributed by atoms with Gasteiger partial charge in [-0.2, -0.15) is 13.2 Å². The van der Waals surface area contributed by atoms with Gasteiger partial charge in [0.2, 0.25) is 11.7 Å². The first-order chi connectivity index (χ1) is 7.89. The van der Waals surface area contributed by atoms with Gasteiger partial charge in [0.05, 0.1) is 0 Å². The molecule has 0 bridgehead atoms. The average molecular weight is 251 g/mol. The SMILES string of the molecule is O=C(CCC(=O)C(F)(F)F)NC1CCCCC1. The van der Waals surface area contributed by atoms with Gasteiger partial charge in [-0.05, 0) is 12.8 Å². The maximum absolute atomic E-state index is 11.9. The molecule has 0 unspecified atom stereocenters. The number of nitrogens with one attached hydrogen (secondary N) is 1. The molecular weight excluding hydrogens is 235 g/mol. The van der Waals surface area contributed by atoms with E-state index in [0.717, 1.165) is 32.1 Å². The van der Waals surface area contributed by atoms with Gasteiger partial charge in [0.1, 0.15) is 0 Å².